The zero-order chi connectivity index (χ0) is 24.8. The molecule has 0 radical (unpaired) electrons. The van der Waals surface area contributed by atoms with Crippen LogP contribution in [0.3, 0.4) is 0 Å². The summed E-state index contributed by atoms with van der Waals surface area (Å²) in [6.45, 7) is 4.27. The minimum absolute atomic E-state index is 0.0275. The number of amides is 1. The van der Waals surface area contributed by atoms with Gasteiger partial charge in [-0.25, -0.2) is 0 Å². The highest BCUT2D eigenvalue weighted by molar-refractivity contribution is 6.36. The van der Waals surface area contributed by atoms with E-state index in [0.717, 1.165) is 30.9 Å². The van der Waals surface area contributed by atoms with E-state index in [1.807, 2.05) is 31.2 Å². The Labute approximate surface area is 214 Å². The monoisotopic (exact) mass is 518 g/mol. The lowest BCUT2D eigenvalue weighted by Gasteiger charge is -2.31. The van der Waals surface area contributed by atoms with Crippen LogP contribution >= 0.6 is 23.2 Å². The first-order valence-electron chi connectivity index (χ1n) is 11.5. The van der Waals surface area contributed by atoms with E-state index in [0.29, 0.717) is 47.0 Å². The van der Waals surface area contributed by atoms with Gasteiger partial charge in [0, 0.05) is 17.1 Å². The molecule has 0 saturated carbocycles. The number of ether oxygens (including phenoxy) is 2. The van der Waals surface area contributed by atoms with Gasteiger partial charge < -0.3 is 19.3 Å². The Kier molecular flexibility index (Phi) is 8.49. The van der Waals surface area contributed by atoms with Gasteiger partial charge in [0.1, 0.15) is 18.1 Å². The minimum Gasteiger partial charge on any atom is -0.497 e. The predicted molar refractivity (Wildman–Crippen MR) is 134 cm³/mol. The van der Waals surface area contributed by atoms with Crippen LogP contribution in [0.2, 0.25) is 10.0 Å². The SMILES string of the molecule is COc1ccc(OCC(C)NC(=O)C2CCCN(Cc3nc(-c4ccc(Cl)cc4Cl)no3)C2)cc1. The van der Waals surface area contributed by atoms with Crippen molar-refractivity contribution in [3.8, 4) is 22.9 Å². The summed E-state index contributed by atoms with van der Waals surface area (Å²) in [5, 5.41) is 8.13. The number of rotatable bonds is 9. The number of halogens is 2. The third-order valence-corrected chi connectivity index (χ3v) is 6.37. The highest BCUT2D eigenvalue weighted by Gasteiger charge is 2.28. The lowest BCUT2D eigenvalue weighted by molar-refractivity contribution is -0.127. The van der Waals surface area contributed by atoms with Gasteiger partial charge in [-0.2, -0.15) is 4.98 Å². The number of benzene rings is 2. The van der Waals surface area contributed by atoms with Crippen LogP contribution in [0.1, 0.15) is 25.7 Å². The number of nitrogens with one attached hydrogen (secondary N) is 1. The van der Waals surface area contributed by atoms with Gasteiger partial charge in [0.05, 0.1) is 30.6 Å². The van der Waals surface area contributed by atoms with Crippen molar-refractivity contribution in [1.29, 1.82) is 0 Å². The van der Waals surface area contributed by atoms with Gasteiger partial charge in [-0.1, -0.05) is 28.4 Å². The molecule has 10 heteroatoms. The summed E-state index contributed by atoms with van der Waals surface area (Å²) in [5.74, 6) is 2.31. The van der Waals surface area contributed by atoms with E-state index >= 15 is 0 Å². The van der Waals surface area contributed by atoms with E-state index in [4.69, 9.17) is 37.2 Å². The Balaban J connectivity index is 1.26. The summed E-state index contributed by atoms with van der Waals surface area (Å²) >= 11 is 12.2. The van der Waals surface area contributed by atoms with E-state index in [2.05, 4.69) is 20.4 Å². The van der Waals surface area contributed by atoms with Crippen molar-refractivity contribution in [2.24, 2.45) is 5.92 Å². The quantitative estimate of drug-likeness (QED) is 0.433. The molecule has 0 aliphatic carbocycles. The van der Waals surface area contributed by atoms with Crippen LogP contribution in [0.15, 0.2) is 47.0 Å². The number of aromatic nitrogens is 2. The standard InChI is InChI=1S/C25H28Cl2N4O4/c1-16(15-34-20-8-6-19(33-2)7-9-20)28-25(32)17-4-3-11-31(13-17)14-23-29-24(30-35-23)21-10-5-18(26)12-22(21)27/h5-10,12,16-17H,3-4,11,13-15H2,1-2H3,(H,28,32). The van der Waals surface area contributed by atoms with Crippen molar-refractivity contribution in [3.63, 3.8) is 0 Å². The van der Waals surface area contributed by atoms with Crippen molar-refractivity contribution in [2.45, 2.75) is 32.4 Å². The number of nitrogens with zero attached hydrogens (tertiary/aromatic N) is 3. The fourth-order valence-corrected chi connectivity index (χ4v) is 4.49. The zero-order valence-corrected chi connectivity index (χ0v) is 21.2. The number of methoxy groups -OCH3 is 1. The molecule has 35 heavy (non-hydrogen) atoms. The lowest BCUT2D eigenvalue weighted by atomic mass is 9.97. The Morgan fingerprint density at radius 3 is 2.74 bits per heavy atom. The topological polar surface area (TPSA) is 89.7 Å². The van der Waals surface area contributed by atoms with Crippen LogP contribution in [-0.2, 0) is 11.3 Å². The van der Waals surface area contributed by atoms with Crippen molar-refractivity contribution in [1.82, 2.24) is 20.4 Å². The third kappa shape index (κ3) is 6.87. The van der Waals surface area contributed by atoms with E-state index < -0.39 is 0 Å². The Morgan fingerprint density at radius 2 is 2.00 bits per heavy atom. The second kappa shape index (κ2) is 11.7. The Morgan fingerprint density at radius 1 is 1.23 bits per heavy atom. The third-order valence-electron chi connectivity index (χ3n) is 5.82. The molecule has 0 bridgehead atoms. The molecule has 1 N–H and O–H groups in total. The first kappa shape index (κ1) is 25.3. The van der Waals surface area contributed by atoms with Crippen molar-refractivity contribution in [2.75, 3.05) is 26.8 Å². The van der Waals surface area contributed by atoms with E-state index in [1.54, 1.807) is 25.3 Å². The number of likely N-dealkylation sites (tertiary alicyclic amines) is 1. The van der Waals surface area contributed by atoms with Gasteiger partial charge in [0.25, 0.3) is 0 Å². The number of carbonyl (C=O) groups is 1. The van der Waals surface area contributed by atoms with Crippen LogP contribution in [0.25, 0.3) is 11.4 Å². The molecule has 2 heterocycles. The molecule has 1 aliphatic heterocycles. The maximum Gasteiger partial charge on any atom is 0.241 e. The van der Waals surface area contributed by atoms with Crippen molar-refractivity contribution >= 4 is 29.1 Å². The molecule has 2 atom stereocenters. The van der Waals surface area contributed by atoms with Crippen LogP contribution < -0.4 is 14.8 Å². The van der Waals surface area contributed by atoms with E-state index in [9.17, 15) is 4.79 Å². The molecule has 3 aromatic rings. The van der Waals surface area contributed by atoms with Gasteiger partial charge in [-0.15, -0.1) is 0 Å². The first-order chi connectivity index (χ1) is 16.9. The van der Waals surface area contributed by atoms with Gasteiger partial charge in [-0.3, -0.25) is 9.69 Å². The fourth-order valence-electron chi connectivity index (χ4n) is 4.00. The maximum absolute atomic E-state index is 12.9. The van der Waals surface area contributed by atoms with Crippen LogP contribution in [0, 0.1) is 5.92 Å². The average molecular weight is 519 g/mol. The van der Waals surface area contributed by atoms with Crippen LogP contribution in [0.4, 0.5) is 0 Å². The summed E-state index contributed by atoms with van der Waals surface area (Å²) in [6.07, 6.45) is 1.75. The maximum atomic E-state index is 12.9. The largest absolute Gasteiger partial charge is 0.497 e. The number of piperidine rings is 1. The highest BCUT2D eigenvalue weighted by Crippen LogP contribution is 2.29. The van der Waals surface area contributed by atoms with Gasteiger partial charge in [0.15, 0.2) is 0 Å². The molecule has 2 unspecified atom stereocenters. The molecule has 0 spiro atoms. The van der Waals surface area contributed by atoms with Crippen molar-refractivity contribution in [3.05, 3.63) is 58.4 Å². The number of hydrogen-bond donors (Lipinski definition) is 1. The Hall–Kier alpha value is -2.81. The molecule has 2 aromatic carbocycles. The Bertz CT molecular complexity index is 1140. The lowest BCUT2D eigenvalue weighted by Crippen LogP contribution is -2.46. The summed E-state index contributed by atoms with van der Waals surface area (Å²) in [6, 6.07) is 12.4. The molecular formula is C25H28Cl2N4O4. The van der Waals surface area contributed by atoms with Gasteiger partial charge in [-0.05, 0) is 68.8 Å². The van der Waals surface area contributed by atoms with Crippen molar-refractivity contribution < 1.29 is 18.8 Å². The van der Waals surface area contributed by atoms with Crippen LogP contribution in [-0.4, -0.2) is 53.8 Å². The molecule has 1 aliphatic rings. The predicted octanol–water partition coefficient (Wildman–Crippen LogP) is 4.85. The smallest absolute Gasteiger partial charge is 0.241 e. The molecule has 186 valence electrons. The van der Waals surface area contributed by atoms with E-state index in [1.165, 1.54) is 0 Å². The normalized spacial score (nSPS) is 17.1. The summed E-state index contributed by atoms with van der Waals surface area (Å²) in [7, 11) is 1.62. The second-order valence-corrected chi connectivity index (χ2v) is 9.45. The molecular weight excluding hydrogens is 491 g/mol. The summed E-state index contributed by atoms with van der Waals surface area (Å²) in [4.78, 5) is 19.5. The number of carbonyl (C=O) groups excluding carboxylic acids is 1. The van der Waals surface area contributed by atoms with Gasteiger partial charge in [0.2, 0.25) is 17.6 Å². The zero-order valence-electron chi connectivity index (χ0n) is 19.7. The van der Waals surface area contributed by atoms with Crippen LogP contribution in [0.5, 0.6) is 11.5 Å². The first-order valence-corrected chi connectivity index (χ1v) is 12.2. The minimum atomic E-state index is -0.123. The molecule has 1 saturated heterocycles. The summed E-state index contributed by atoms with van der Waals surface area (Å²) in [5.41, 5.74) is 0.660. The molecule has 1 fully saturated rings. The molecule has 4 rings (SSSR count). The van der Waals surface area contributed by atoms with Gasteiger partial charge >= 0.3 is 0 Å². The fraction of sp³-hybridized carbons (Fsp3) is 0.400. The van der Waals surface area contributed by atoms with E-state index in [-0.39, 0.29) is 17.9 Å². The molecule has 1 amide bonds. The molecule has 1 aromatic heterocycles. The number of hydrogen-bond acceptors (Lipinski definition) is 7. The highest BCUT2D eigenvalue weighted by atomic mass is 35.5. The second-order valence-electron chi connectivity index (χ2n) is 8.61. The summed E-state index contributed by atoms with van der Waals surface area (Å²) < 4.78 is 16.4. The average Bonchev–Trinajstić information content (AvgIpc) is 3.31. The molecule has 8 nitrogen and oxygen atoms in total.